The first-order valence-corrected chi connectivity index (χ1v) is 8.11. The minimum Gasteiger partial charge on any atom is -0.376 e. The number of nitrogens with one attached hydrogen (secondary N) is 1. The highest BCUT2D eigenvalue weighted by Gasteiger charge is 2.15. The average molecular weight is 305 g/mol. The highest BCUT2D eigenvalue weighted by molar-refractivity contribution is 7.17. The lowest BCUT2D eigenvalue weighted by Gasteiger charge is -2.10. The van der Waals surface area contributed by atoms with Crippen molar-refractivity contribution in [2.45, 2.75) is 25.5 Å². The minimum absolute atomic E-state index is 0.0848. The lowest BCUT2D eigenvalue weighted by atomic mass is 10.2. The van der Waals surface area contributed by atoms with E-state index in [4.69, 9.17) is 9.47 Å². The van der Waals surface area contributed by atoms with Crippen molar-refractivity contribution in [2.75, 3.05) is 19.8 Å². The molecule has 21 heavy (non-hydrogen) atoms. The van der Waals surface area contributed by atoms with Gasteiger partial charge in [-0.25, -0.2) is 0 Å². The monoisotopic (exact) mass is 305 g/mol. The molecule has 1 unspecified atom stereocenters. The lowest BCUT2D eigenvalue weighted by molar-refractivity contribution is -0.127. The second kappa shape index (κ2) is 7.02. The third-order valence-corrected chi connectivity index (χ3v) is 4.47. The minimum atomic E-state index is -0.0848. The van der Waals surface area contributed by atoms with Gasteiger partial charge in [-0.05, 0) is 47.4 Å². The van der Waals surface area contributed by atoms with Crippen LogP contribution in [-0.2, 0) is 20.8 Å². The largest absolute Gasteiger partial charge is 0.376 e. The number of ether oxygens (including phenoxy) is 2. The van der Waals surface area contributed by atoms with Gasteiger partial charge in [-0.2, -0.15) is 0 Å². The first-order valence-electron chi connectivity index (χ1n) is 7.23. The molecule has 1 aliphatic heterocycles. The molecule has 3 rings (SSSR count). The van der Waals surface area contributed by atoms with E-state index in [1.54, 1.807) is 11.3 Å². The van der Waals surface area contributed by atoms with Crippen LogP contribution >= 0.6 is 11.3 Å². The maximum absolute atomic E-state index is 11.7. The molecule has 112 valence electrons. The topological polar surface area (TPSA) is 47.6 Å². The van der Waals surface area contributed by atoms with Gasteiger partial charge >= 0.3 is 0 Å². The number of benzene rings is 1. The Labute approximate surface area is 128 Å². The SMILES string of the molecule is O=C(COCC1CCCO1)NCc1ccc2sccc2c1. The van der Waals surface area contributed by atoms with E-state index in [1.165, 1.54) is 10.1 Å². The number of fused-ring (bicyclic) bond motifs is 1. The Morgan fingerprint density at radius 3 is 3.24 bits per heavy atom. The van der Waals surface area contributed by atoms with Crippen LogP contribution in [0.2, 0.25) is 0 Å². The molecule has 0 spiro atoms. The van der Waals surface area contributed by atoms with Crippen LogP contribution in [0.1, 0.15) is 18.4 Å². The molecule has 2 heterocycles. The molecule has 1 N–H and O–H groups in total. The van der Waals surface area contributed by atoms with Gasteiger partial charge in [-0.1, -0.05) is 6.07 Å². The zero-order valence-corrected chi connectivity index (χ0v) is 12.7. The molecule has 0 radical (unpaired) electrons. The number of hydrogen-bond acceptors (Lipinski definition) is 4. The lowest BCUT2D eigenvalue weighted by Crippen LogP contribution is -2.28. The summed E-state index contributed by atoms with van der Waals surface area (Å²) in [7, 11) is 0. The quantitative estimate of drug-likeness (QED) is 0.892. The predicted octanol–water partition coefficient (Wildman–Crippen LogP) is 2.71. The fourth-order valence-electron chi connectivity index (χ4n) is 2.44. The molecule has 5 heteroatoms. The summed E-state index contributed by atoms with van der Waals surface area (Å²) in [6.07, 6.45) is 2.28. The van der Waals surface area contributed by atoms with Crippen molar-refractivity contribution < 1.29 is 14.3 Å². The first-order chi connectivity index (χ1) is 10.3. The molecule has 1 aliphatic rings. The van der Waals surface area contributed by atoms with Crippen LogP contribution in [0.4, 0.5) is 0 Å². The maximum atomic E-state index is 11.7. The summed E-state index contributed by atoms with van der Waals surface area (Å²) in [5.41, 5.74) is 1.10. The van der Waals surface area contributed by atoms with Crippen LogP contribution in [0.5, 0.6) is 0 Å². The number of carbonyl (C=O) groups is 1. The van der Waals surface area contributed by atoms with Crippen LogP contribution in [-0.4, -0.2) is 31.8 Å². The van der Waals surface area contributed by atoms with Crippen LogP contribution in [0.25, 0.3) is 10.1 Å². The second-order valence-corrected chi connectivity index (χ2v) is 6.17. The molecule has 0 saturated carbocycles. The number of thiophene rings is 1. The Bertz CT molecular complexity index is 604. The number of hydrogen-bond donors (Lipinski definition) is 1. The van der Waals surface area contributed by atoms with E-state index in [9.17, 15) is 4.79 Å². The molecule has 1 saturated heterocycles. The van der Waals surface area contributed by atoms with E-state index in [-0.39, 0.29) is 18.6 Å². The molecular formula is C16H19NO3S. The number of rotatable bonds is 6. The Morgan fingerprint density at radius 1 is 1.43 bits per heavy atom. The molecular weight excluding hydrogens is 286 g/mol. The van der Waals surface area contributed by atoms with Gasteiger partial charge in [0.25, 0.3) is 0 Å². The van der Waals surface area contributed by atoms with Crippen molar-refractivity contribution in [3.8, 4) is 0 Å². The fraction of sp³-hybridized carbons (Fsp3) is 0.438. The van der Waals surface area contributed by atoms with Gasteiger partial charge in [-0.3, -0.25) is 4.79 Å². The molecule has 0 aliphatic carbocycles. The number of carbonyl (C=O) groups excluding carboxylic acids is 1. The van der Waals surface area contributed by atoms with Gasteiger partial charge in [0.2, 0.25) is 5.91 Å². The summed E-state index contributed by atoms with van der Waals surface area (Å²) < 4.78 is 12.1. The van der Waals surface area contributed by atoms with E-state index >= 15 is 0 Å². The van der Waals surface area contributed by atoms with E-state index in [0.717, 1.165) is 25.0 Å². The standard InChI is InChI=1S/C16H19NO3S/c18-16(11-19-10-14-2-1-6-20-14)17-9-12-3-4-15-13(8-12)5-7-21-15/h3-5,7-8,14H,1-2,6,9-11H2,(H,17,18). The van der Waals surface area contributed by atoms with Gasteiger partial charge in [-0.15, -0.1) is 11.3 Å². The summed E-state index contributed by atoms with van der Waals surface area (Å²) in [6, 6.07) is 8.34. The molecule has 2 aromatic rings. The van der Waals surface area contributed by atoms with Crippen LogP contribution < -0.4 is 5.32 Å². The molecule has 1 aromatic carbocycles. The molecule has 1 amide bonds. The van der Waals surface area contributed by atoms with Crippen molar-refractivity contribution in [1.82, 2.24) is 5.32 Å². The third kappa shape index (κ3) is 4.03. The average Bonchev–Trinajstić information content (AvgIpc) is 3.15. The predicted molar refractivity (Wildman–Crippen MR) is 83.5 cm³/mol. The van der Waals surface area contributed by atoms with E-state index in [0.29, 0.717) is 13.2 Å². The number of amides is 1. The highest BCUT2D eigenvalue weighted by atomic mass is 32.1. The Hall–Kier alpha value is -1.43. The van der Waals surface area contributed by atoms with Gasteiger partial charge in [0.05, 0.1) is 12.7 Å². The first kappa shape index (κ1) is 14.5. The van der Waals surface area contributed by atoms with Crippen LogP contribution in [0.3, 0.4) is 0 Å². The Balaban J connectivity index is 1.40. The summed E-state index contributed by atoms with van der Waals surface area (Å²) in [5.74, 6) is -0.0848. The molecule has 0 bridgehead atoms. The van der Waals surface area contributed by atoms with Crippen LogP contribution in [0.15, 0.2) is 29.6 Å². The van der Waals surface area contributed by atoms with Crippen molar-refractivity contribution in [3.63, 3.8) is 0 Å². The van der Waals surface area contributed by atoms with E-state index in [1.807, 2.05) is 6.07 Å². The van der Waals surface area contributed by atoms with Crippen molar-refractivity contribution in [2.24, 2.45) is 0 Å². The molecule has 1 aromatic heterocycles. The summed E-state index contributed by atoms with van der Waals surface area (Å²) >= 11 is 1.72. The van der Waals surface area contributed by atoms with Gasteiger partial charge in [0.1, 0.15) is 6.61 Å². The van der Waals surface area contributed by atoms with Gasteiger partial charge in [0, 0.05) is 17.9 Å². The fourth-order valence-corrected chi connectivity index (χ4v) is 3.21. The zero-order chi connectivity index (χ0) is 14.5. The molecule has 1 fully saturated rings. The second-order valence-electron chi connectivity index (χ2n) is 5.22. The molecule has 1 atom stereocenters. The third-order valence-electron chi connectivity index (χ3n) is 3.57. The summed E-state index contributed by atoms with van der Waals surface area (Å²) in [4.78, 5) is 11.7. The normalized spacial score (nSPS) is 18.2. The van der Waals surface area contributed by atoms with Gasteiger partial charge < -0.3 is 14.8 Å². The highest BCUT2D eigenvalue weighted by Crippen LogP contribution is 2.21. The summed E-state index contributed by atoms with van der Waals surface area (Å²) in [5, 5.41) is 6.18. The Morgan fingerprint density at radius 2 is 2.38 bits per heavy atom. The van der Waals surface area contributed by atoms with Crippen molar-refractivity contribution >= 4 is 27.3 Å². The molecule has 4 nitrogen and oxygen atoms in total. The Kier molecular flexibility index (Phi) is 4.85. The van der Waals surface area contributed by atoms with Crippen LogP contribution in [0, 0.1) is 0 Å². The van der Waals surface area contributed by atoms with E-state index in [2.05, 4.69) is 28.9 Å². The maximum Gasteiger partial charge on any atom is 0.246 e. The zero-order valence-electron chi connectivity index (χ0n) is 11.8. The van der Waals surface area contributed by atoms with Crippen molar-refractivity contribution in [3.05, 3.63) is 35.2 Å². The smallest absolute Gasteiger partial charge is 0.246 e. The summed E-state index contributed by atoms with van der Waals surface area (Å²) in [6.45, 7) is 1.95. The van der Waals surface area contributed by atoms with Crippen molar-refractivity contribution in [1.29, 1.82) is 0 Å². The van der Waals surface area contributed by atoms with Gasteiger partial charge in [0.15, 0.2) is 0 Å². The van der Waals surface area contributed by atoms with E-state index < -0.39 is 0 Å².